The molecule has 0 saturated heterocycles. The van der Waals surface area contributed by atoms with Crippen LogP contribution in [0.25, 0.3) is 0 Å². The van der Waals surface area contributed by atoms with E-state index in [4.69, 9.17) is 44.3 Å². The van der Waals surface area contributed by atoms with Crippen LogP contribution in [0.5, 0.6) is 11.5 Å². The van der Waals surface area contributed by atoms with Gasteiger partial charge < -0.3 is 20.1 Å². The molecule has 0 saturated carbocycles. The standard InChI is InChI=1S/C24H19Cl3N2O5/c25-15-1-4-17(5-2-15)29-23(31)14-33-24(32)12-11-22(30)28-18-6-8-19(9-7-18)34-21-10-3-16(26)13-20(21)27/h1-10,13H,11-12,14H2,(H,28,30)(H,29,31). The van der Waals surface area contributed by atoms with Gasteiger partial charge in [0, 0.05) is 27.8 Å². The van der Waals surface area contributed by atoms with Gasteiger partial charge in [0.15, 0.2) is 6.61 Å². The van der Waals surface area contributed by atoms with E-state index < -0.39 is 18.5 Å². The number of carbonyl (C=O) groups excluding carboxylic acids is 3. The van der Waals surface area contributed by atoms with Crippen LogP contribution in [0.15, 0.2) is 66.7 Å². The van der Waals surface area contributed by atoms with Crippen molar-refractivity contribution in [3.05, 3.63) is 81.8 Å². The van der Waals surface area contributed by atoms with Crippen molar-refractivity contribution in [2.45, 2.75) is 12.8 Å². The first-order valence-electron chi connectivity index (χ1n) is 10.0. The number of amides is 2. The molecule has 0 unspecified atom stereocenters. The number of nitrogens with one attached hydrogen (secondary N) is 2. The lowest BCUT2D eigenvalue weighted by Crippen LogP contribution is -2.21. The highest BCUT2D eigenvalue weighted by atomic mass is 35.5. The molecular formula is C24H19Cl3N2O5. The first kappa shape index (κ1) is 25.4. The fourth-order valence-corrected chi connectivity index (χ4v) is 3.25. The van der Waals surface area contributed by atoms with Gasteiger partial charge in [-0.1, -0.05) is 34.8 Å². The van der Waals surface area contributed by atoms with E-state index in [1.165, 1.54) is 0 Å². The third-order valence-corrected chi connectivity index (χ3v) is 5.09. The molecule has 2 amide bonds. The van der Waals surface area contributed by atoms with Crippen molar-refractivity contribution in [3.63, 3.8) is 0 Å². The van der Waals surface area contributed by atoms with Crippen LogP contribution in [-0.2, 0) is 19.1 Å². The van der Waals surface area contributed by atoms with Crippen LogP contribution in [0.3, 0.4) is 0 Å². The Labute approximate surface area is 210 Å². The molecule has 10 heteroatoms. The molecule has 2 N–H and O–H groups in total. The summed E-state index contributed by atoms with van der Waals surface area (Å²) in [5.74, 6) is -0.574. The Kier molecular flexibility index (Phi) is 9.16. The summed E-state index contributed by atoms with van der Waals surface area (Å²) in [7, 11) is 0. The Bertz CT molecular complexity index is 1170. The molecule has 34 heavy (non-hydrogen) atoms. The normalized spacial score (nSPS) is 10.3. The zero-order valence-corrected chi connectivity index (χ0v) is 19.9. The van der Waals surface area contributed by atoms with Crippen LogP contribution >= 0.6 is 34.8 Å². The Hall–Kier alpha value is -3.26. The molecule has 0 aliphatic heterocycles. The fraction of sp³-hybridized carbons (Fsp3) is 0.125. The topological polar surface area (TPSA) is 93.7 Å². The summed E-state index contributed by atoms with van der Waals surface area (Å²) < 4.78 is 10.6. The van der Waals surface area contributed by atoms with Crippen LogP contribution in [0, 0.1) is 0 Å². The van der Waals surface area contributed by atoms with Crippen LogP contribution in [0.1, 0.15) is 12.8 Å². The maximum Gasteiger partial charge on any atom is 0.306 e. The van der Waals surface area contributed by atoms with Gasteiger partial charge in [0.2, 0.25) is 5.91 Å². The van der Waals surface area contributed by atoms with Gasteiger partial charge in [-0.2, -0.15) is 0 Å². The monoisotopic (exact) mass is 520 g/mol. The molecule has 3 rings (SSSR count). The first-order chi connectivity index (χ1) is 16.3. The predicted molar refractivity (Wildman–Crippen MR) is 132 cm³/mol. The van der Waals surface area contributed by atoms with E-state index in [9.17, 15) is 14.4 Å². The number of carbonyl (C=O) groups is 3. The molecule has 0 radical (unpaired) electrons. The summed E-state index contributed by atoms with van der Waals surface area (Å²) >= 11 is 17.7. The van der Waals surface area contributed by atoms with Gasteiger partial charge >= 0.3 is 5.97 Å². The predicted octanol–water partition coefficient (Wildman–Crippen LogP) is 6.34. The smallest absolute Gasteiger partial charge is 0.306 e. The Morgan fingerprint density at radius 3 is 1.94 bits per heavy atom. The molecule has 0 atom stereocenters. The van der Waals surface area contributed by atoms with Crippen LogP contribution in [-0.4, -0.2) is 24.4 Å². The highest BCUT2D eigenvalue weighted by Crippen LogP contribution is 2.32. The van der Waals surface area contributed by atoms with Gasteiger partial charge in [-0.15, -0.1) is 0 Å². The summed E-state index contributed by atoms with van der Waals surface area (Å²) in [5.41, 5.74) is 1.05. The summed E-state index contributed by atoms with van der Waals surface area (Å²) in [6.45, 7) is -0.456. The summed E-state index contributed by atoms with van der Waals surface area (Å²) in [4.78, 5) is 35.8. The molecule has 0 spiro atoms. The summed E-state index contributed by atoms with van der Waals surface area (Å²) in [5, 5.41) is 6.65. The zero-order chi connectivity index (χ0) is 24.5. The quantitative estimate of drug-likeness (QED) is 0.321. The second-order valence-corrected chi connectivity index (χ2v) is 8.25. The van der Waals surface area contributed by atoms with Crippen molar-refractivity contribution in [3.8, 4) is 11.5 Å². The first-order valence-corrected chi connectivity index (χ1v) is 11.2. The van der Waals surface area contributed by atoms with Gasteiger partial charge in [-0.25, -0.2) is 0 Å². The van der Waals surface area contributed by atoms with Crippen molar-refractivity contribution in [2.75, 3.05) is 17.2 Å². The molecule has 0 bridgehead atoms. The van der Waals surface area contributed by atoms with Gasteiger partial charge in [0.25, 0.3) is 5.91 Å². The number of hydrogen-bond donors (Lipinski definition) is 2. The van der Waals surface area contributed by atoms with Crippen molar-refractivity contribution in [1.82, 2.24) is 0 Å². The number of hydrogen-bond acceptors (Lipinski definition) is 5. The van der Waals surface area contributed by atoms with E-state index in [0.29, 0.717) is 37.9 Å². The lowest BCUT2D eigenvalue weighted by atomic mass is 10.2. The van der Waals surface area contributed by atoms with Crippen LogP contribution in [0.4, 0.5) is 11.4 Å². The summed E-state index contributed by atoms with van der Waals surface area (Å²) in [6, 6.07) is 18.0. The Balaban J connectivity index is 1.38. The van der Waals surface area contributed by atoms with E-state index in [-0.39, 0.29) is 18.7 Å². The second-order valence-electron chi connectivity index (χ2n) is 6.97. The second kappa shape index (κ2) is 12.3. The average molecular weight is 522 g/mol. The van der Waals surface area contributed by atoms with E-state index in [1.807, 2.05) is 0 Å². The molecule has 0 heterocycles. The van der Waals surface area contributed by atoms with E-state index in [1.54, 1.807) is 66.7 Å². The number of esters is 1. The number of benzene rings is 3. The average Bonchev–Trinajstić information content (AvgIpc) is 2.81. The van der Waals surface area contributed by atoms with Crippen molar-refractivity contribution >= 4 is 64.0 Å². The SMILES string of the molecule is O=C(CCC(=O)OCC(=O)Nc1ccc(Cl)cc1)Nc1ccc(Oc2ccc(Cl)cc2Cl)cc1. The Morgan fingerprint density at radius 1 is 0.706 bits per heavy atom. The van der Waals surface area contributed by atoms with Crippen LogP contribution in [0.2, 0.25) is 15.1 Å². The Morgan fingerprint density at radius 2 is 1.29 bits per heavy atom. The lowest BCUT2D eigenvalue weighted by Gasteiger charge is -2.10. The van der Waals surface area contributed by atoms with Gasteiger partial charge in [-0.05, 0) is 66.7 Å². The third kappa shape index (κ3) is 8.26. The third-order valence-electron chi connectivity index (χ3n) is 4.31. The minimum atomic E-state index is -0.662. The zero-order valence-electron chi connectivity index (χ0n) is 17.6. The van der Waals surface area contributed by atoms with Crippen LogP contribution < -0.4 is 15.4 Å². The van der Waals surface area contributed by atoms with Gasteiger partial charge in [-0.3, -0.25) is 14.4 Å². The molecular weight excluding hydrogens is 503 g/mol. The minimum Gasteiger partial charge on any atom is -0.456 e. The van der Waals surface area contributed by atoms with Gasteiger partial charge in [0.05, 0.1) is 11.4 Å². The van der Waals surface area contributed by atoms with Gasteiger partial charge in [0.1, 0.15) is 11.5 Å². The largest absolute Gasteiger partial charge is 0.456 e. The number of ether oxygens (including phenoxy) is 2. The molecule has 176 valence electrons. The number of anilines is 2. The minimum absolute atomic E-state index is 0.101. The highest BCUT2D eigenvalue weighted by Gasteiger charge is 2.11. The molecule has 7 nitrogen and oxygen atoms in total. The molecule has 0 aliphatic rings. The maximum absolute atomic E-state index is 12.1. The molecule has 0 fully saturated rings. The fourth-order valence-electron chi connectivity index (χ4n) is 2.68. The maximum atomic E-state index is 12.1. The summed E-state index contributed by atoms with van der Waals surface area (Å²) in [6.07, 6.45) is -0.271. The van der Waals surface area contributed by atoms with E-state index in [2.05, 4.69) is 10.6 Å². The number of halogens is 3. The molecule has 3 aromatic rings. The number of rotatable bonds is 9. The molecule has 0 aliphatic carbocycles. The lowest BCUT2D eigenvalue weighted by molar-refractivity contribution is -0.147. The highest BCUT2D eigenvalue weighted by molar-refractivity contribution is 6.35. The molecule has 0 aromatic heterocycles. The van der Waals surface area contributed by atoms with Crippen molar-refractivity contribution < 1.29 is 23.9 Å². The van der Waals surface area contributed by atoms with Crippen molar-refractivity contribution in [1.29, 1.82) is 0 Å². The van der Waals surface area contributed by atoms with E-state index >= 15 is 0 Å². The molecule has 3 aromatic carbocycles. The van der Waals surface area contributed by atoms with E-state index in [0.717, 1.165) is 0 Å². The van der Waals surface area contributed by atoms with Crippen molar-refractivity contribution in [2.24, 2.45) is 0 Å².